The van der Waals surface area contributed by atoms with E-state index in [9.17, 15) is 40.5 Å². The van der Waals surface area contributed by atoms with E-state index >= 15 is 0 Å². The summed E-state index contributed by atoms with van der Waals surface area (Å²) in [6, 6.07) is 18.9. The van der Waals surface area contributed by atoms with E-state index < -0.39 is 39.1 Å². The zero-order valence-corrected chi connectivity index (χ0v) is 32.6. The number of amides is 2. The predicted molar refractivity (Wildman–Crippen MR) is 204 cm³/mol. The van der Waals surface area contributed by atoms with Gasteiger partial charge in [-0.1, -0.05) is 36.4 Å². The van der Waals surface area contributed by atoms with E-state index in [1.807, 2.05) is 28.1 Å². The molecule has 300 valence electrons. The lowest BCUT2D eigenvalue weighted by atomic mass is 9.89. The van der Waals surface area contributed by atoms with Gasteiger partial charge in [-0.25, -0.2) is 32.1 Å². The lowest BCUT2D eigenvalue weighted by molar-refractivity contribution is -0.862. The number of carbonyl (C=O) groups excluding carboxylic acids is 2. The number of hydrogen-bond donors (Lipinski definition) is 1. The summed E-state index contributed by atoms with van der Waals surface area (Å²) in [6.45, 7) is 11.8. The zero-order chi connectivity index (χ0) is 41.9. The molecule has 0 spiro atoms. The molecule has 0 bridgehead atoms. The summed E-state index contributed by atoms with van der Waals surface area (Å²) in [5.41, 5.74) is -0.993. The number of aromatic nitrogens is 4. The first-order chi connectivity index (χ1) is 26.6. The van der Waals surface area contributed by atoms with E-state index in [0.717, 1.165) is 21.3 Å². The molecule has 14 nitrogen and oxygen atoms in total. The Bertz CT molecular complexity index is 2470. The maximum atomic E-state index is 14.1. The van der Waals surface area contributed by atoms with Gasteiger partial charge in [0, 0.05) is 18.6 Å². The Morgan fingerprint density at radius 1 is 0.965 bits per heavy atom. The van der Waals surface area contributed by atoms with Crippen LogP contribution in [0.3, 0.4) is 0 Å². The molecule has 0 atom stereocenters. The molecule has 0 saturated carbocycles. The molecular weight excluding hydrogens is 766 g/mol. The van der Waals surface area contributed by atoms with Gasteiger partial charge in [0.05, 0.1) is 67.1 Å². The van der Waals surface area contributed by atoms with Crippen LogP contribution in [-0.4, -0.2) is 99.5 Å². The summed E-state index contributed by atoms with van der Waals surface area (Å²) in [5, 5.41) is 7.38. The summed E-state index contributed by atoms with van der Waals surface area (Å²) in [7, 11) is 1.55. The van der Waals surface area contributed by atoms with Crippen LogP contribution in [0.5, 0.6) is 0 Å². The van der Waals surface area contributed by atoms with Crippen molar-refractivity contribution < 1.29 is 40.2 Å². The fraction of sp³-hybridized carbons (Fsp3) is 0.308. The third-order valence-electron chi connectivity index (χ3n) is 9.30. The first-order valence-corrected chi connectivity index (χ1v) is 19.0. The monoisotopic (exact) mass is 806 g/mol. The lowest BCUT2D eigenvalue weighted by Gasteiger charge is -2.40. The van der Waals surface area contributed by atoms with Crippen molar-refractivity contribution in [3.05, 3.63) is 124 Å². The van der Waals surface area contributed by atoms with Crippen LogP contribution in [0.1, 0.15) is 31.0 Å². The number of carbonyl (C=O) groups is 2. The minimum absolute atomic E-state index is 0.0101. The smallest absolute Gasteiger partial charge is 0.416 e. The molecule has 1 saturated heterocycles. The average Bonchev–Trinajstić information content (AvgIpc) is 3.72. The van der Waals surface area contributed by atoms with Crippen molar-refractivity contribution in [2.75, 3.05) is 40.8 Å². The molecule has 5 aromatic rings. The van der Waals surface area contributed by atoms with Gasteiger partial charge in [0.15, 0.2) is 12.2 Å². The Labute approximate surface area is 327 Å². The van der Waals surface area contributed by atoms with E-state index in [1.54, 1.807) is 48.2 Å². The van der Waals surface area contributed by atoms with E-state index in [-0.39, 0.29) is 27.9 Å². The van der Waals surface area contributed by atoms with Crippen molar-refractivity contribution in [3.63, 3.8) is 0 Å². The molecule has 1 aliphatic heterocycles. The molecule has 1 fully saturated rings. The van der Waals surface area contributed by atoms with Gasteiger partial charge in [0.1, 0.15) is 15.8 Å². The minimum Gasteiger partial charge on any atom is -0.744 e. The molecule has 1 aliphatic rings. The van der Waals surface area contributed by atoms with Crippen LogP contribution in [0.2, 0.25) is 0 Å². The molecule has 57 heavy (non-hydrogen) atoms. The molecule has 6 rings (SSSR count). The van der Waals surface area contributed by atoms with Crippen LogP contribution in [0.4, 0.5) is 23.7 Å². The Morgan fingerprint density at radius 3 is 2.14 bits per heavy atom. The molecule has 0 aliphatic carbocycles. The fourth-order valence-corrected chi connectivity index (χ4v) is 6.85. The maximum absolute atomic E-state index is 14.1. The molecule has 2 aromatic heterocycles. The first kappa shape index (κ1) is 42.1. The summed E-state index contributed by atoms with van der Waals surface area (Å²) in [6.07, 6.45) is -2.30. The summed E-state index contributed by atoms with van der Waals surface area (Å²) in [5.74, 6) is 0.0101. The molecule has 2 amide bonds. The highest BCUT2D eigenvalue weighted by molar-refractivity contribution is 7.85. The van der Waals surface area contributed by atoms with Crippen molar-refractivity contribution in [1.29, 1.82) is 0 Å². The Balaban J connectivity index is 0.000000540. The van der Waals surface area contributed by atoms with Crippen LogP contribution < -0.4 is 11.0 Å². The first-order valence-electron chi connectivity index (χ1n) is 17.6. The van der Waals surface area contributed by atoms with Gasteiger partial charge in [0.2, 0.25) is 0 Å². The second-order valence-electron chi connectivity index (χ2n) is 14.8. The third kappa shape index (κ3) is 9.86. The molecule has 3 aromatic carbocycles. The van der Waals surface area contributed by atoms with E-state index in [4.69, 9.17) is 6.57 Å². The predicted octanol–water partition coefficient (Wildman–Crippen LogP) is 5.61. The highest BCUT2D eigenvalue weighted by Crippen LogP contribution is 2.32. The van der Waals surface area contributed by atoms with Crippen LogP contribution in [0.25, 0.3) is 27.6 Å². The standard InChI is InChI=1S/C33H35F3N8O3.C6H6O3S/c1-22-29(27-14-17-38-43(27)25-12-10-24(37-3)11-13-25)42(31(47)41(22)26-9-7-8-23(20-26)33(34,35)36)30(46)39-32(2)15-18-40(19-16-32)28(45)21-44(4,5)6;7-10(8,9)6-4-2-1-3-5-6/h7-14,17,20H,15-16,18-19,21H2,1-2,4-6H3;1-5H,(H,7,8,9). The molecule has 18 heteroatoms. The highest BCUT2D eigenvalue weighted by atomic mass is 32.2. The number of likely N-dealkylation sites (N-methyl/N-ethyl adjacent to an activating group) is 1. The summed E-state index contributed by atoms with van der Waals surface area (Å²) < 4.78 is 75.8. The highest BCUT2D eigenvalue weighted by Gasteiger charge is 2.37. The van der Waals surface area contributed by atoms with Gasteiger partial charge < -0.3 is 19.3 Å². The van der Waals surface area contributed by atoms with Crippen molar-refractivity contribution in [2.24, 2.45) is 0 Å². The number of imidazole rings is 1. The SMILES string of the molecule is O=S(=O)([O-])c1ccccc1.[C-]#[N+]c1ccc(-n2nccc2-c2c(C)n(-c3cccc(C(F)(F)F)c3)c(=O)n2C(=O)NC2(C)CCN(C(=O)C[N+](C)(C)C)CC2)cc1. The van der Waals surface area contributed by atoms with Gasteiger partial charge in [-0.2, -0.15) is 18.3 Å². The molecule has 0 radical (unpaired) electrons. The number of nitrogens with zero attached hydrogens (tertiary/aromatic N) is 7. The number of rotatable bonds is 7. The topological polar surface area (TPSA) is 156 Å². The van der Waals surface area contributed by atoms with Gasteiger partial charge in [-0.3, -0.25) is 9.36 Å². The minimum atomic E-state index is -4.65. The number of nitrogens with one attached hydrogen (secondary N) is 1. The number of piperidine rings is 1. The van der Waals surface area contributed by atoms with Crippen LogP contribution in [0, 0.1) is 13.5 Å². The normalized spacial score (nSPS) is 14.3. The van der Waals surface area contributed by atoms with Crippen LogP contribution in [0.15, 0.2) is 101 Å². The Morgan fingerprint density at radius 2 is 1.60 bits per heavy atom. The number of likely N-dealkylation sites (tertiary alicyclic amines) is 1. The third-order valence-corrected chi connectivity index (χ3v) is 10.1. The van der Waals surface area contributed by atoms with Crippen LogP contribution in [-0.2, 0) is 21.1 Å². The quantitative estimate of drug-likeness (QED) is 0.128. The average molecular weight is 807 g/mol. The van der Waals surface area contributed by atoms with Crippen molar-refractivity contribution in [2.45, 2.75) is 43.3 Å². The molecule has 3 heterocycles. The second kappa shape index (κ2) is 16.2. The number of alkyl halides is 3. The number of hydrogen-bond acceptors (Lipinski definition) is 7. The van der Waals surface area contributed by atoms with Gasteiger partial charge in [0.25, 0.3) is 5.91 Å². The molecule has 0 unspecified atom stereocenters. The lowest BCUT2D eigenvalue weighted by Crippen LogP contribution is -2.57. The number of benzene rings is 3. The zero-order valence-electron chi connectivity index (χ0n) is 31.8. The molecule has 1 N–H and O–H groups in total. The second-order valence-corrected chi connectivity index (χ2v) is 16.2. The number of halogens is 3. The Kier molecular flexibility index (Phi) is 12.0. The summed E-state index contributed by atoms with van der Waals surface area (Å²) >= 11 is 0. The van der Waals surface area contributed by atoms with E-state index in [2.05, 4.69) is 15.3 Å². The maximum Gasteiger partial charge on any atom is 0.416 e. The van der Waals surface area contributed by atoms with Gasteiger partial charge >= 0.3 is 17.9 Å². The van der Waals surface area contributed by atoms with Gasteiger partial charge in [-0.15, -0.1) is 0 Å². The van der Waals surface area contributed by atoms with Crippen LogP contribution >= 0.6 is 0 Å². The summed E-state index contributed by atoms with van der Waals surface area (Å²) in [4.78, 5) is 46.1. The van der Waals surface area contributed by atoms with E-state index in [0.29, 0.717) is 54.0 Å². The van der Waals surface area contributed by atoms with E-state index in [1.165, 1.54) is 47.3 Å². The van der Waals surface area contributed by atoms with Crippen molar-refractivity contribution in [3.8, 4) is 22.8 Å². The number of quaternary nitrogens is 1. The fourth-order valence-electron chi connectivity index (χ4n) is 6.36. The van der Waals surface area contributed by atoms with Crippen molar-refractivity contribution >= 4 is 27.7 Å². The van der Waals surface area contributed by atoms with Crippen molar-refractivity contribution in [1.82, 2.24) is 29.1 Å². The largest absolute Gasteiger partial charge is 0.744 e. The Hall–Kier alpha value is -6.03. The van der Waals surface area contributed by atoms with Gasteiger partial charge in [-0.05, 0) is 75.2 Å². The molecular formula is C39H41F3N8O6S.